The van der Waals surface area contributed by atoms with Crippen LogP contribution in [0.3, 0.4) is 0 Å². The van der Waals surface area contributed by atoms with E-state index in [-0.39, 0.29) is 5.02 Å². The van der Waals surface area contributed by atoms with Crippen molar-refractivity contribution in [2.75, 3.05) is 0 Å². The Balaban J connectivity index is 1.49. The molecule has 0 saturated carbocycles. The summed E-state index contributed by atoms with van der Waals surface area (Å²) < 4.78 is 17.5. The highest BCUT2D eigenvalue weighted by Gasteiger charge is 2.16. The van der Waals surface area contributed by atoms with E-state index in [0.29, 0.717) is 17.9 Å². The number of aromatic nitrogens is 6. The van der Waals surface area contributed by atoms with Crippen LogP contribution in [0.2, 0.25) is 5.02 Å². The van der Waals surface area contributed by atoms with Crippen LogP contribution in [0.5, 0.6) is 0 Å². The van der Waals surface area contributed by atoms with E-state index in [0.717, 1.165) is 33.1 Å². The minimum atomic E-state index is -0.499. The highest BCUT2D eigenvalue weighted by Crippen LogP contribution is 2.28. The second-order valence-corrected chi connectivity index (χ2v) is 7.65. The minimum Gasteiger partial charge on any atom is -0.318 e. The van der Waals surface area contributed by atoms with Gasteiger partial charge in [0, 0.05) is 11.5 Å². The molecule has 0 aliphatic carbocycles. The molecule has 0 aliphatic rings. The van der Waals surface area contributed by atoms with Crippen molar-refractivity contribution in [3.05, 3.63) is 89.5 Å². The second-order valence-electron chi connectivity index (χ2n) is 7.24. The summed E-state index contributed by atoms with van der Waals surface area (Å²) in [5.41, 5.74) is 5.60. The number of fused-ring (bicyclic) bond motifs is 4. The second kappa shape index (κ2) is 6.85. The van der Waals surface area contributed by atoms with Gasteiger partial charge in [0.2, 0.25) is 0 Å². The summed E-state index contributed by atoms with van der Waals surface area (Å²) in [5, 5.41) is 9.54. The average Bonchev–Trinajstić information content (AvgIpc) is 3.38. The molecular weight excluding hydrogens is 415 g/mol. The fourth-order valence-corrected chi connectivity index (χ4v) is 3.95. The van der Waals surface area contributed by atoms with Gasteiger partial charge in [-0.05, 0) is 30.3 Å². The number of benzene rings is 3. The molecule has 31 heavy (non-hydrogen) atoms. The Kier molecular flexibility index (Phi) is 3.97. The highest BCUT2D eigenvalue weighted by molar-refractivity contribution is 6.30. The number of hydrogen-bond acceptors (Lipinski definition) is 4. The predicted octanol–water partition coefficient (Wildman–Crippen LogP) is 5.16. The van der Waals surface area contributed by atoms with Crippen molar-refractivity contribution in [3.8, 4) is 5.69 Å². The van der Waals surface area contributed by atoms with Gasteiger partial charge in [0.1, 0.15) is 17.0 Å². The van der Waals surface area contributed by atoms with Crippen LogP contribution in [-0.4, -0.2) is 29.5 Å². The first-order chi connectivity index (χ1) is 15.2. The van der Waals surface area contributed by atoms with Crippen molar-refractivity contribution in [1.29, 1.82) is 0 Å². The molecule has 3 aromatic carbocycles. The standard InChI is InChI=1S/C23H14ClFN6/c24-17-10-9-15(11-18(17)25)31-13-14(28-29-31)12-30-21-8-4-1-5-16(21)22-23(30)27-20-7-3-2-6-19(20)26-22/h1-11,13H,12H2. The summed E-state index contributed by atoms with van der Waals surface area (Å²) in [4.78, 5) is 9.74. The zero-order chi connectivity index (χ0) is 20.9. The Morgan fingerprint density at radius 3 is 2.52 bits per heavy atom. The van der Waals surface area contributed by atoms with Crippen molar-refractivity contribution in [3.63, 3.8) is 0 Å². The van der Waals surface area contributed by atoms with E-state index < -0.39 is 5.82 Å². The van der Waals surface area contributed by atoms with Crippen LogP contribution in [0, 0.1) is 5.82 Å². The van der Waals surface area contributed by atoms with Gasteiger partial charge in [-0.25, -0.2) is 19.0 Å². The molecule has 3 heterocycles. The normalized spacial score (nSPS) is 11.7. The molecule has 8 heteroatoms. The van der Waals surface area contributed by atoms with Gasteiger partial charge in [-0.15, -0.1) is 5.10 Å². The van der Waals surface area contributed by atoms with Crippen LogP contribution in [-0.2, 0) is 6.54 Å². The van der Waals surface area contributed by atoms with Crippen molar-refractivity contribution >= 4 is 44.7 Å². The van der Waals surface area contributed by atoms with Gasteiger partial charge in [0.25, 0.3) is 0 Å². The van der Waals surface area contributed by atoms with E-state index in [1.54, 1.807) is 12.3 Å². The number of nitrogens with zero attached hydrogens (tertiary/aromatic N) is 6. The van der Waals surface area contributed by atoms with Gasteiger partial charge in [0.15, 0.2) is 5.65 Å². The first kappa shape index (κ1) is 18.0. The molecule has 0 saturated heterocycles. The summed E-state index contributed by atoms with van der Waals surface area (Å²) >= 11 is 5.78. The van der Waals surface area contributed by atoms with Crippen molar-refractivity contribution in [1.82, 2.24) is 29.5 Å². The largest absolute Gasteiger partial charge is 0.318 e. The van der Waals surface area contributed by atoms with Gasteiger partial charge >= 0.3 is 0 Å². The zero-order valence-electron chi connectivity index (χ0n) is 16.1. The van der Waals surface area contributed by atoms with Crippen LogP contribution in [0.4, 0.5) is 4.39 Å². The average molecular weight is 429 g/mol. The molecule has 0 atom stereocenters. The molecule has 6 aromatic rings. The third-order valence-electron chi connectivity index (χ3n) is 5.29. The van der Waals surface area contributed by atoms with Crippen LogP contribution in [0.15, 0.2) is 72.9 Å². The summed E-state index contributed by atoms with van der Waals surface area (Å²) in [6.45, 7) is 0.451. The molecule has 0 bridgehead atoms. The summed E-state index contributed by atoms with van der Waals surface area (Å²) in [5.74, 6) is -0.499. The highest BCUT2D eigenvalue weighted by atomic mass is 35.5. The SMILES string of the molecule is Fc1cc(-n2cc(Cn3c4ccccc4c4nc5ccccc5nc43)nn2)ccc1Cl. The van der Waals surface area contributed by atoms with E-state index in [9.17, 15) is 4.39 Å². The topological polar surface area (TPSA) is 61.4 Å². The first-order valence-electron chi connectivity index (χ1n) is 9.68. The minimum absolute atomic E-state index is 0.0696. The van der Waals surface area contributed by atoms with Crippen LogP contribution >= 0.6 is 11.6 Å². The Hall–Kier alpha value is -3.84. The first-order valence-corrected chi connectivity index (χ1v) is 10.1. The smallest absolute Gasteiger partial charge is 0.160 e. The molecule has 0 amide bonds. The van der Waals surface area contributed by atoms with Crippen LogP contribution < -0.4 is 0 Å². The molecular formula is C23H14ClFN6. The fraction of sp³-hybridized carbons (Fsp3) is 0.0435. The van der Waals surface area contributed by atoms with Crippen LogP contribution in [0.25, 0.3) is 38.8 Å². The van der Waals surface area contributed by atoms with Gasteiger partial charge in [-0.3, -0.25) is 0 Å². The van der Waals surface area contributed by atoms with Gasteiger partial charge < -0.3 is 4.57 Å². The summed E-state index contributed by atoms with van der Waals surface area (Å²) in [6, 6.07) is 20.4. The van der Waals surface area contributed by atoms with E-state index in [2.05, 4.69) is 14.9 Å². The molecule has 0 radical (unpaired) electrons. The lowest BCUT2D eigenvalue weighted by atomic mass is 10.2. The number of halogens is 2. The van der Waals surface area contributed by atoms with Gasteiger partial charge in [-0.1, -0.05) is 47.1 Å². The molecule has 6 rings (SSSR count). The quantitative estimate of drug-likeness (QED) is 0.390. The molecule has 0 fully saturated rings. The Morgan fingerprint density at radius 2 is 1.68 bits per heavy atom. The third-order valence-corrected chi connectivity index (χ3v) is 5.59. The maximum Gasteiger partial charge on any atom is 0.160 e. The van der Waals surface area contributed by atoms with Gasteiger partial charge in [-0.2, -0.15) is 0 Å². The van der Waals surface area contributed by atoms with Crippen molar-refractivity contribution in [2.45, 2.75) is 6.54 Å². The Bertz CT molecular complexity index is 1600. The van der Waals surface area contributed by atoms with E-state index in [1.165, 1.54) is 16.8 Å². The molecule has 0 spiro atoms. The number of hydrogen-bond donors (Lipinski definition) is 0. The molecule has 6 nitrogen and oxygen atoms in total. The lowest BCUT2D eigenvalue weighted by Gasteiger charge is -2.04. The fourth-order valence-electron chi connectivity index (χ4n) is 3.83. The molecule has 3 aromatic heterocycles. The molecule has 150 valence electrons. The molecule has 0 unspecified atom stereocenters. The van der Waals surface area contributed by atoms with Crippen molar-refractivity contribution < 1.29 is 4.39 Å². The Morgan fingerprint density at radius 1 is 0.903 bits per heavy atom. The summed E-state index contributed by atoms with van der Waals surface area (Å²) in [7, 11) is 0. The van der Waals surface area contributed by atoms with E-state index in [4.69, 9.17) is 21.6 Å². The maximum atomic E-state index is 13.8. The molecule has 0 N–H and O–H groups in total. The lowest BCUT2D eigenvalue weighted by Crippen LogP contribution is -2.01. The number of rotatable bonds is 3. The Labute approximate surface area is 180 Å². The van der Waals surface area contributed by atoms with Gasteiger partial charge in [0.05, 0.1) is 40.0 Å². The van der Waals surface area contributed by atoms with Crippen LogP contribution in [0.1, 0.15) is 5.69 Å². The molecule has 0 aliphatic heterocycles. The monoisotopic (exact) mass is 428 g/mol. The van der Waals surface area contributed by atoms with E-state index in [1.807, 2.05) is 48.5 Å². The number of para-hydroxylation sites is 3. The predicted molar refractivity (Wildman–Crippen MR) is 118 cm³/mol. The summed E-state index contributed by atoms with van der Waals surface area (Å²) in [6.07, 6.45) is 1.78. The third kappa shape index (κ3) is 2.93. The van der Waals surface area contributed by atoms with Crippen molar-refractivity contribution in [2.24, 2.45) is 0 Å². The van der Waals surface area contributed by atoms with E-state index >= 15 is 0 Å². The zero-order valence-corrected chi connectivity index (χ0v) is 16.8. The maximum absolute atomic E-state index is 13.8. The lowest BCUT2D eigenvalue weighted by molar-refractivity contribution is 0.625.